The number of anilines is 1. The summed E-state index contributed by atoms with van der Waals surface area (Å²) in [6.07, 6.45) is 0.267. The molecule has 4 N–H and O–H groups in total. The minimum absolute atomic E-state index is 0.0679. The van der Waals surface area contributed by atoms with Gasteiger partial charge in [-0.25, -0.2) is 4.39 Å². The van der Waals surface area contributed by atoms with Crippen LogP contribution in [0.4, 0.5) is 10.1 Å². The number of amides is 1. The normalized spacial score (nSPS) is 12.9. The SMILES string of the molecule is CC(C)(C)NC(=O)CC(CN)Nc1ccc(F)c(Br)c1. The van der Waals surface area contributed by atoms with E-state index < -0.39 is 0 Å². The van der Waals surface area contributed by atoms with E-state index in [-0.39, 0.29) is 29.7 Å². The zero-order valence-corrected chi connectivity index (χ0v) is 13.6. The Morgan fingerprint density at radius 3 is 2.60 bits per heavy atom. The largest absolute Gasteiger partial charge is 0.380 e. The Labute approximate surface area is 127 Å². The third-order valence-electron chi connectivity index (χ3n) is 2.52. The fourth-order valence-electron chi connectivity index (χ4n) is 1.71. The number of carbonyl (C=O) groups is 1. The second-order valence-electron chi connectivity index (χ2n) is 5.71. The predicted molar refractivity (Wildman–Crippen MR) is 83.1 cm³/mol. The summed E-state index contributed by atoms with van der Waals surface area (Å²) in [4.78, 5) is 11.9. The van der Waals surface area contributed by atoms with Gasteiger partial charge >= 0.3 is 0 Å². The smallest absolute Gasteiger partial charge is 0.222 e. The molecule has 1 atom stereocenters. The van der Waals surface area contributed by atoms with Gasteiger partial charge in [0.1, 0.15) is 5.82 Å². The van der Waals surface area contributed by atoms with E-state index in [0.29, 0.717) is 11.0 Å². The summed E-state index contributed by atoms with van der Waals surface area (Å²) in [5.74, 6) is -0.396. The summed E-state index contributed by atoms with van der Waals surface area (Å²) in [6.45, 7) is 6.08. The lowest BCUT2D eigenvalue weighted by atomic mass is 10.1. The topological polar surface area (TPSA) is 67.2 Å². The first-order valence-corrected chi connectivity index (χ1v) is 7.23. The third kappa shape index (κ3) is 5.88. The van der Waals surface area contributed by atoms with Crippen LogP contribution in [0.2, 0.25) is 0 Å². The van der Waals surface area contributed by atoms with E-state index in [1.54, 1.807) is 12.1 Å². The summed E-state index contributed by atoms with van der Waals surface area (Å²) in [5.41, 5.74) is 6.12. The number of benzene rings is 1. The van der Waals surface area contributed by atoms with Crippen molar-refractivity contribution >= 4 is 27.5 Å². The Morgan fingerprint density at radius 2 is 2.10 bits per heavy atom. The van der Waals surface area contributed by atoms with Crippen LogP contribution in [0.25, 0.3) is 0 Å². The highest BCUT2D eigenvalue weighted by atomic mass is 79.9. The Kier molecular flexibility index (Phi) is 5.95. The predicted octanol–water partition coefficient (Wildman–Crippen LogP) is 2.63. The summed E-state index contributed by atoms with van der Waals surface area (Å²) in [6, 6.07) is 4.40. The molecule has 1 amide bonds. The lowest BCUT2D eigenvalue weighted by Gasteiger charge is -2.23. The van der Waals surface area contributed by atoms with Crippen molar-refractivity contribution in [3.05, 3.63) is 28.5 Å². The van der Waals surface area contributed by atoms with Crippen molar-refractivity contribution in [2.24, 2.45) is 5.73 Å². The van der Waals surface area contributed by atoms with Crippen LogP contribution in [0.5, 0.6) is 0 Å². The number of rotatable bonds is 5. The molecular weight excluding hydrogens is 325 g/mol. The zero-order chi connectivity index (χ0) is 15.3. The maximum Gasteiger partial charge on any atom is 0.222 e. The first kappa shape index (κ1) is 16.9. The molecule has 0 bridgehead atoms. The molecule has 1 aromatic carbocycles. The Hall–Kier alpha value is -1.14. The number of nitrogens with one attached hydrogen (secondary N) is 2. The van der Waals surface area contributed by atoms with Gasteiger partial charge in [-0.2, -0.15) is 0 Å². The lowest BCUT2D eigenvalue weighted by molar-refractivity contribution is -0.122. The molecule has 0 heterocycles. The maximum atomic E-state index is 13.2. The molecule has 0 aliphatic rings. The van der Waals surface area contributed by atoms with Crippen molar-refractivity contribution in [1.82, 2.24) is 5.32 Å². The minimum Gasteiger partial charge on any atom is -0.380 e. The van der Waals surface area contributed by atoms with Crippen LogP contribution in [0.3, 0.4) is 0 Å². The van der Waals surface area contributed by atoms with Gasteiger partial charge in [0.05, 0.1) is 4.47 Å². The summed E-state index contributed by atoms with van der Waals surface area (Å²) >= 11 is 3.12. The van der Waals surface area contributed by atoms with E-state index in [1.165, 1.54) is 6.07 Å². The average Bonchev–Trinajstić information content (AvgIpc) is 2.30. The molecule has 0 aliphatic heterocycles. The van der Waals surface area contributed by atoms with Crippen LogP contribution < -0.4 is 16.4 Å². The maximum absolute atomic E-state index is 13.2. The molecule has 0 fully saturated rings. The molecule has 20 heavy (non-hydrogen) atoms. The fourth-order valence-corrected chi connectivity index (χ4v) is 2.09. The molecule has 0 aliphatic carbocycles. The van der Waals surface area contributed by atoms with E-state index >= 15 is 0 Å². The molecule has 0 saturated carbocycles. The van der Waals surface area contributed by atoms with Gasteiger partial charge in [0.2, 0.25) is 5.91 Å². The first-order chi connectivity index (χ1) is 9.21. The highest BCUT2D eigenvalue weighted by molar-refractivity contribution is 9.10. The van der Waals surface area contributed by atoms with E-state index in [1.807, 2.05) is 20.8 Å². The lowest BCUT2D eigenvalue weighted by Crippen LogP contribution is -2.44. The first-order valence-electron chi connectivity index (χ1n) is 6.44. The number of hydrogen-bond acceptors (Lipinski definition) is 3. The summed E-state index contributed by atoms with van der Waals surface area (Å²) in [7, 11) is 0. The van der Waals surface area contributed by atoms with Gasteiger partial charge in [-0.3, -0.25) is 4.79 Å². The standard InChI is InChI=1S/C14H21BrFN3O/c1-14(2,3)19-13(20)7-10(8-17)18-9-4-5-12(16)11(15)6-9/h4-6,10,18H,7-8,17H2,1-3H3,(H,19,20). The second-order valence-corrected chi connectivity index (χ2v) is 6.56. The van der Waals surface area contributed by atoms with Crippen molar-refractivity contribution in [3.63, 3.8) is 0 Å². The van der Waals surface area contributed by atoms with Gasteiger partial charge < -0.3 is 16.4 Å². The average molecular weight is 346 g/mol. The quantitative estimate of drug-likeness (QED) is 0.768. The van der Waals surface area contributed by atoms with Crippen molar-refractivity contribution in [3.8, 4) is 0 Å². The van der Waals surface area contributed by atoms with Crippen LogP contribution in [-0.2, 0) is 4.79 Å². The molecule has 4 nitrogen and oxygen atoms in total. The van der Waals surface area contributed by atoms with Crippen LogP contribution in [0, 0.1) is 5.82 Å². The van der Waals surface area contributed by atoms with Crippen LogP contribution in [0.1, 0.15) is 27.2 Å². The van der Waals surface area contributed by atoms with Gasteiger partial charge in [0, 0.05) is 30.2 Å². The van der Waals surface area contributed by atoms with Gasteiger partial charge in [-0.05, 0) is 54.9 Å². The number of carbonyl (C=O) groups excluding carboxylic acids is 1. The number of hydrogen-bond donors (Lipinski definition) is 3. The molecule has 1 unspecified atom stereocenters. The summed E-state index contributed by atoms with van der Waals surface area (Å²) < 4.78 is 13.5. The fraction of sp³-hybridized carbons (Fsp3) is 0.500. The van der Waals surface area contributed by atoms with Crippen molar-refractivity contribution in [1.29, 1.82) is 0 Å². The summed E-state index contributed by atoms with van der Waals surface area (Å²) in [5, 5.41) is 6.02. The number of nitrogens with two attached hydrogens (primary N) is 1. The Morgan fingerprint density at radius 1 is 1.45 bits per heavy atom. The number of halogens is 2. The molecule has 1 rings (SSSR count). The van der Waals surface area contributed by atoms with Crippen molar-refractivity contribution in [2.75, 3.05) is 11.9 Å². The van der Waals surface area contributed by atoms with Gasteiger partial charge in [-0.15, -0.1) is 0 Å². The Bertz CT molecular complexity index is 474. The van der Waals surface area contributed by atoms with Gasteiger partial charge in [0.25, 0.3) is 0 Å². The zero-order valence-electron chi connectivity index (χ0n) is 12.0. The highest BCUT2D eigenvalue weighted by Crippen LogP contribution is 2.20. The molecule has 112 valence electrons. The van der Waals surface area contributed by atoms with Gasteiger partial charge in [0.15, 0.2) is 0 Å². The molecule has 0 aromatic heterocycles. The highest BCUT2D eigenvalue weighted by Gasteiger charge is 2.17. The van der Waals surface area contributed by atoms with Crippen molar-refractivity contribution in [2.45, 2.75) is 38.8 Å². The molecule has 6 heteroatoms. The van der Waals surface area contributed by atoms with Crippen molar-refractivity contribution < 1.29 is 9.18 Å². The monoisotopic (exact) mass is 345 g/mol. The molecular formula is C14H21BrFN3O. The third-order valence-corrected chi connectivity index (χ3v) is 3.13. The van der Waals surface area contributed by atoms with Crippen LogP contribution >= 0.6 is 15.9 Å². The van der Waals surface area contributed by atoms with E-state index in [2.05, 4.69) is 26.6 Å². The molecule has 1 aromatic rings. The minimum atomic E-state index is -0.328. The van der Waals surface area contributed by atoms with Crippen LogP contribution in [-0.4, -0.2) is 24.0 Å². The van der Waals surface area contributed by atoms with Gasteiger partial charge in [-0.1, -0.05) is 0 Å². The van der Waals surface area contributed by atoms with E-state index in [0.717, 1.165) is 5.69 Å². The second kappa shape index (κ2) is 7.04. The molecule has 0 saturated heterocycles. The molecule has 0 radical (unpaired) electrons. The van der Waals surface area contributed by atoms with Crippen LogP contribution in [0.15, 0.2) is 22.7 Å². The molecule has 0 spiro atoms. The Balaban J connectivity index is 2.63. The van der Waals surface area contributed by atoms with E-state index in [4.69, 9.17) is 5.73 Å². The van der Waals surface area contributed by atoms with E-state index in [9.17, 15) is 9.18 Å².